The largest absolute Gasteiger partial charge is 0.490 e. The van der Waals surface area contributed by atoms with Crippen molar-refractivity contribution in [2.45, 2.75) is 59.1 Å². The Labute approximate surface area is 205 Å². The number of aromatic nitrogens is 2. The minimum absolute atomic E-state index is 0.110. The van der Waals surface area contributed by atoms with Crippen molar-refractivity contribution in [3.05, 3.63) is 35.5 Å². The number of nitrogens with zero attached hydrogens (tertiary/aromatic N) is 2. The average molecular weight is 493 g/mol. The van der Waals surface area contributed by atoms with Gasteiger partial charge in [0.15, 0.2) is 0 Å². The summed E-state index contributed by atoms with van der Waals surface area (Å²) in [7, 11) is 1.26. The van der Waals surface area contributed by atoms with E-state index in [0.717, 1.165) is 0 Å². The van der Waals surface area contributed by atoms with Gasteiger partial charge < -0.3 is 19.5 Å². The molecule has 10 heteroatoms. The zero-order valence-corrected chi connectivity index (χ0v) is 21.4. The zero-order valence-electron chi connectivity index (χ0n) is 20.7. The normalized spacial score (nSPS) is 13.1. The van der Waals surface area contributed by atoms with Crippen molar-refractivity contribution in [3.63, 3.8) is 0 Å². The predicted molar refractivity (Wildman–Crippen MR) is 131 cm³/mol. The van der Waals surface area contributed by atoms with Gasteiger partial charge in [-0.15, -0.1) is 0 Å². The minimum Gasteiger partial charge on any atom is -0.490 e. The molecule has 0 radical (unpaired) electrons. The molecular formula is C24H33ClN4O5. The first-order valence-corrected chi connectivity index (χ1v) is 11.3. The summed E-state index contributed by atoms with van der Waals surface area (Å²) in [6.45, 7) is 11.7. The second-order valence-electron chi connectivity index (χ2n) is 9.60. The van der Waals surface area contributed by atoms with Gasteiger partial charge in [-0.3, -0.25) is 5.32 Å². The fourth-order valence-corrected chi connectivity index (χ4v) is 3.57. The number of carbonyl (C=O) groups is 2. The van der Waals surface area contributed by atoms with E-state index < -0.39 is 23.3 Å². The molecule has 0 aliphatic rings. The summed E-state index contributed by atoms with van der Waals surface area (Å²) in [4.78, 5) is 32.1. The van der Waals surface area contributed by atoms with Crippen LogP contribution in [-0.4, -0.2) is 47.0 Å². The lowest BCUT2D eigenvalue weighted by Crippen LogP contribution is -2.52. The number of alkyl carbamates (subject to hydrolysis) is 1. The predicted octanol–water partition coefficient (Wildman–Crippen LogP) is 5.68. The second-order valence-corrected chi connectivity index (χ2v) is 10.0. The Balaban J connectivity index is 2.15. The van der Waals surface area contributed by atoms with E-state index in [9.17, 15) is 9.59 Å². The van der Waals surface area contributed by atoms with Crippen LogP contribution >= 0.6 is 11.6 Å². The maximum Gasteiger partial charge on any atom is 0.413 e. The van der Waals surface area contributed by atoms with Crippen LogP contribution in [0, 0.1) is 5.92 Å². The van der Waals surface area contributed by atoms with Crippen LogP contribution in [0.2, 0.25) is 5.02 Å². The highest BCUT2D eigenvalue weighted by atomic mass is 35.5. The van der Waals surface area contributed by atoms with Crippen LogP contribution in [0.1, 0.15) is 48.0 Å². The van der Waals surface area contributed by atoms with Crippen LogP contribution in [0.5, 0.6) is 5.75 Å². The molecule has 0 saturated carbocycles. The molecule has 2 aromatic rings. The average Bonchev–Trinajstić information content (AvgIpc) is 2.70. The lowest BCUT2D eigenvalue weighted by Gasteiger charge is -2.33. The molecule has 186 valence electrons. The van der Waals surface area contributed by atoms with Crippen molar-refractivity contribution in [3.8, 4) is 17.0 Å². The first-order chi connectivity index (χ1) is 15.8. The number of hydrogen-bond donors (Lipinski definition) is 2. The van der Waals surface area contributed by atoms with E-state index in [1.807, 2.05) is 27.7 Å². The maximum atomic E-state index is 12.4. The van der Waals surface area contributed by atoms with Crippen LogP contribution in [0.3, 0.4) is 0 Å². The number of hydrogen-bond acceptors (Lipinski definition) is 7. The Morgan fingerprint density at radius 2 is 1.82 bits per heavy atom. The Kier molecular flexibility index (Phi) is 9.09. The maximum absolute atomic E-state index is 12.4. The van der Waals surface area contributed by atoms with Crippen molar-refractivity contribution in [2.75, 3.05) is 19.0 Å². The quantitative estimate of drug-likeness (QED) is 0.487. The summed E-state index contributed by atoms with van der Waals surface area (Å²) in [6.07, 6.45) is 1.04. The highest BCUT2D eigenvalue weighted by Gasteiger charge is 2.31. The second kappa shape index (κ2) is 11.4. The van der Waals surface area contributed by atoms with Crippen LogP contribution in [0.4, 0.5) is 15.5 Å². The van der Waals surface area contributed by atoms with Gasteiger partial charge in [-0.2, -0.15) is 0 Å². The van der Waals surface area contributed by atoms with Gasteiger partial charge in [0.05, 0.1) is 23.4 Å². The topological polar surface area (TPSA) is 112 Å². The highest BCUT2D eigenvalue weighted by molar-refractivity contribution is 6.32. The van der Waals surface area contributed by atoms with Crippen molar-refractivity contribution in [2.24, 2.45) is 5.92 Å². The van der Waals surface area contributed by atoms with Crippen LogP contribution in [0.25, 0.3) is 11.3 Å². The molecular weight excluding hydrogens is 460 g/mol. The highest BCUT2D eigenvalue weighted by Crippen LogP contribution is 2.31. The number of benzene rings is 1. The number of rotatable bonds is 8. The number of anilines is 1. The van der Waals surface area contributed by atoms with E-state index in [4.69, 9.17) is 21.1 Å². The molecule has 2 rings (SSSR count). The van der Waals surface area contributed by atoms with Crippen molar-refractivity contribution in [1.82, 2.24) is 15.3 Å². The van der Waals surface area contributed by atoms with Crippen molar-refractivity contribution in [1.29, 1.82) is 0 Å². The van der Waals surface area contributed by atoms with Crippen molar-refractivity contribution < 1.29 is 23.8 Å². The number of nitrogens with one attached hydrogen (secondary N) is 2. The molecule has 0 aliphatic heterocycles. The van der Waals surface area contributed by atoms with Gasteiger partial charge in [-0.1, -0.05) is 25.4 Å². The lowest BCUT2D eigenvalue weighted by molar-refractivity contribution is 0.0408. The molecule has 2 amide bonds. The van der Waals surface area contributed by atoms with E-state index in [1.165, 1.54) is 13.3 Å². The lowest BCUT2D eigenvalue weighted by atomic mass is 9.91. The molecule has 1 aromatic carbocycles. The molecule has 34 heavy (non-hydrogen) atoms. The summed E-state index contributed by atoms with van der Waals surface area (Å²) in [5.41, 5.74) is 0.00549. The van der Waals surface area contributed by atoms with Gasteiger partial charge >= 0.3 is 12.2 Å². The number of ether oxygens (including phenoxy) is 3. The Bertz CT molecular complexity index is 1010. The summed E-state index contributed by atoms with van der Waals surface area (Å²) in [5.74, 6) is 0.888. The van der Waals surface area contributed by atoms with Gasteiger partial charge in [0, 0.05) is 11.8 Å². The van der Waals surface area contributed by atoms with Gasteiger partial charge in [0.1, 0.15) is 18.0 Å². The van der Waals surface area contributed by atoms with Gasteiger partial charge in [-0.05, 0) is 64.3 Å². The first kappa shape index (κ1) is 27.2. The van der Waals surface area contributed by atoms with Gasteiger partial charge in [0.2, 0.25) is 5.95 Å². The summed E-state index contributed by atoms with van der Waals surface area (Å²) >= 11 is 6.48. The third-order valence-electron chi connectivity index (χ3n) is 4.49. The molecule has 2 N–H and O–H groups in total. The number of halogens is 1. The van der Waals surface area contributed by atoms with Crippen LogP contribution in [0.15, 0.2) is 30.5 Å². The Hall–Kier alpha value is -3.07. The molecule has 9 nitrogen and oxygen atoms in total. The van der Waals surface area contributed by atoms with Crippen LogP contribution in [-0.2, 0) is 9.47 Å². The monoisotopic (exact) mass is 492 g/mol. The summed E-state index contributed by atoms with van der Waals surface area (Å²) < 4.78 is 16.0. The number of carbonyl (C=O) groups excluding carboxylic acids is 2. The fraction of sp³-hybridized carbons (Fsp3) is 0.500. The Morgan fingerprint density at radius 1 is 1.12 bits per heavy atom. The summed E-state index contributed by atoms with van der Waals surface area (Å²) in [5, 5.41) is 5.75. The first-order valence-electron chi connectivity index (χ1n) is 10.9. The zero-order chi connectivity index (χ0) is 25.5. The number of methoxy groups -OCH3 is 1. The number of amides is 2. The minimum atomic E-state index is -0.667. The molecule has 0 aliphatic carbocycles. The van der Waals surface area contributed by atoms with E-state index in [1.54, 1.807) is 24.3 Å². The molecule has 0 bridgehead atoms. The van der Waals surface area contributed by atoms with Crippen molar-refractivity contribution >= 4 is 29.7 Å². The van der Waals surface area contributed by atoms with E-state index in [2.05, 4.69) is 39.2 Å². The molecule has 0 saturated heterocycles. The molecule has 1 heterocycles. The van der Waals surface area contributed by atoms with Gasteiger partial charge in [0.25, 0.3) is 0 Å². The Morgan fingerprint density at radius 3 is 2.41 bits per heavy atom. The molecule has 1 aromatic heterocycles. The molecule has 1 unspecified atom stereocenters. The van der Waals surface area contributed by atoms with Gasteiger partial charge in [-0.25, -0.2) is 19.6 Å². The van der Waals surface area contributed by atoms with E-state index in [0.29, 0.717) is 34.4 Å². The molecule has 1 atom stereocenters. The standard InChI is InChI=1S/C24H33ClN4O5/c1-15(2)13-24(6,29-22(31)34-23(3,4)5)14-33-19-9-8-16(12-17(19)25)18-10-11-26-20(27-18)28-21(30)32-7/h8-12,15H,13-14H2,1-7H3,(H,29,31)(H,26,27,28,30). The summed E-state index contributed by atoms with van der Waals surface area (Å²) in [6, 6.07) is 6.93. The third-order valence-corrected chi connectivity index (χ3v) is 4.79. The SMILES string of the molecule is COC(=O)Nc1nccc(-c2ccc(OCC(C)(CC(C)C)NC(=O)OC(C)(C)C)c(Cl)c2)n1. The van der Waals surface area contributed by atoms with E-state index >= 15 is 0 Å². The molecule has 0 spiro atoms. The van der Waals surface area contributed by atoms with E-state index in [-0.39, 0.29) is 12.6 Å². The molecule has 0 fully saturated rings. The third kappa shape index (κ3) is 8.70. The fourth-order valence-electron chi connectivity index (χ4n) is 3.33. The van der Waals surface area contributed by atoms with Crippen LogP contribution < -0.4 is 15.4 Å². The smallest absolute Gasteiger partial charge is 0.413 e.